The van der Waals surface area contributed by atoms with E-state index in [4.69, 9.17) is 4.74 Å². The molecule has 4 rings (SSSR count). The zero-order valence-electron chi connectivity index (χ0n) is 9.65. The first-order valence-corrected chi connectivity index (χ1v) is 6.14. The van der Waals surface area contributed by atoms with Gasteiger partial charge in [-0.15, -0.1) is 0 Å². The molecule has 0 spiro atoms. The van der Waals surface area contributed by atoms with Gasteiger partial charge in [-0.25, -0.2) is 4.98 Å². The highest BCUT2D eigenvalue weighted by molar-refractivity contribution is 5.17. The fraction of sp³-hybridized carbons (Fsp3) is 0.615. The standard InChI is InChI=1S/C13H18N2O/c1-9-2-5-13(15-7-9)16-12-6-10-3-4-11(12)14-8-10/h2,5,7,10-12,14H,3-4,6,8H2,1H3/t10-,11+,12-/m1/s1. The van der Waals surface area contributed by atoms with Gasteiger partial charge in [0.2, 0.25) is 5.88 Å². The third kappa shape index (κ3) is 1.92. The van der Waals surface area contributed by atoms with Crippen LogP contribution in [0, 0.1) is 12.8 Å². The van der Waals surface area contributed by atoms with Gasteiger partial charge in [-0.1, -0.05) is 6.07 Å². The summed E-state index contributed by atoms with van der Waals surface area (Å²) >= 11 is 0. The molecule has 2 saturated heterocycles. The van der Waals surface area contributed by atoms with Crippen molar-refractivity contribution in [3.05, 3.63) is 23.9 Å². The van der Waals surface area contributed by atoms with Crippen molar-refractivity contribution in [3.8, 4) is 5.88 Å². The van der Waals surface area contributed by atoms with Crippen LogP contribution in [0.5, 0.6) is 5.88 Å². The van der Waals surface area contributed by atoms with Crippen LogP contribution in [-0.4, -0.2) is 23.7 Å². The van der Waals surface area contributed by atoms with E-state index in [0.717, 1.165) is 11.8 Å². The number of rotatable bonds is 2. The van der Waals surface area contributed by atoms with E-state index < -0.39 is 0 Å². The van der Waals surface area contributed by atoms with Crippen LogP contribution >= 0.6 is 0 Å². The predicted octanol–water partition coefficient (Wildman–Crippen LogP) is 1.91. The molecule has 3 heteroatoms. The summed E-state index contributed by atoms with van der Waals surface area (Å²) in [6.07, 6.45) is 5.99. The van der Waals surface area contributed by atoms with E-state index in [1.807, 2.05) is 19.2 Å². The zero-order valence-corrected chi connectivity index (χ0v) is 9.65. The average molecular weight is 218 g/mol. The van der Waals surface area contributed by atoms with Gasteiger partial charge in [-0.3, -0.25) is 0 Å². The molecule has 1 saturated carbocycles. The summed E-state index contributed by atoms with van der Waals surface area (Å²) in [5.74, 6) is 1.57. The van der Waals surface area contributed by atoms with Gasteiger partial charge in [0.05, 0.1) is 0 Å². The van der Waals surface area contributed by atoms with Gasteiger partial charge in [-0.2, -0.15) is 0 Å². The molecule has 2 bridgehead atoms. The number of ether oxygens (including phenoxy) is 1. The van der Waals surface area contributed by atoms with Gasteiger partial charge in [0.25, 0.3) is 0 Å². The maximum absolute atomic E-state index is 5.97. The van der Waals surface area contributed by atoms with Crippen molar-refractivity contribution in [3.63, 3.8) is 0 Å². The quantitative estimate of drug-likeness (QED) is 0.823. The highest BCUT2D eigenvalue weighted by Gasteiger charge is 2.36. The molecular formula is C13H18N2O. The normalized spacial score (nSPS) is 32.7. The van der Waals surface area contributed by atoms with E-state index in [-0.39, 0.29) is 0 Å². The number of fused-ring (bicyclic) bond motifs is 3. The summed E-state index contributed by atoms with van der Waals surface area (Å²) in [4.78, 5) is 4.31. The van der Waals surface area contributed by atoms with E-state index in [2.05, 4.69) is 16.4 Å². The molecule has 1 aromatic heterocycles. The maximum atomic E-state index is 5.97. The summed E-state index contributed by atoms with van der Waals surface area (Å²) in [7, 11) is 0. The van der Waals surface area contributed by atoms with Crippen molar-refractivity contribution in [2.24, 2.45) is 5.92 Å². The summed E-state index contributed by atoms with van der Waals surface area (Å²) in [6.45, 7) is 3.22. The van der Waals surface area contributed by atoms with E-state index in [1.165, 1.54) is 31.4 Å². The highest BCUT2D eigenvalue weighted by atomic mass is 16.5. The van der Waals surface area contributed by atoms with Gasteiger partial charge in [-0.05, 0) is 44.2 Å². The van der Waals surface area contributed by atoms with E-state index in [9.17, 15) is 0 Å². The summed E-state index contributed by atoms with van der Waals surface area (Å²) in [6, 6.07) is 4.56. The number of hydrogen-bond acceptors (Lipinski definition) is 3. The Morgan fingerprint density at radius 3 is 2.88 bits per heavy atom. The SMILES string of the molecule is Cc1ccc(O[C@@H]2C[C@H]3CC[C@@H]2NC3)nc1. The Morgan fingerprint density at radius 2 is 2.31 bits per heavy atom. The number of piperidine rings is 2. The van der Waals surface area contributed by atoms with E-state index in [0.29, 0.717) is 12.1 Å². The lowest BCUT2D eigenvalue weighted by Gasteiger charge is -2.42. The molecule has 3 heterocycles. The lowest BCUT2D eigenvalue weighted by molar-refractivity contribution is 0.0466. The molecule has 0 amide bonds. The second-order valence-electron chi connectivity index (χ2n) is 5.02. The number of hydrogen-bond donors (Lipinski definition) is 1. The fourth-order valence-electron chi connectivity index (χ4n) is 2.76. The summed E-state index contributed by atoms with van der Waals surface area (Å²) in [5.41, 5.74) is 1.18. The third-order valence-electron chi connectivity index (χ3n) is 3.73. The van der Waals surface area contributed by atoms with Crippen LogP contribution in [0.2, 0.25) is 0 Å². The molecule has 0 unspecified atom stereocenters. The van der Waals surface area contributed by atoms with Crippen LogP contribution in [0.3, 0.4) is 0 Å². The van der Waals surface area contributed by atoms with Gasteiger partial charge in [0.15, 0.2) is 0 Å². The monoisotopic (exact) mass is 218 g/mol. The molecule has 3 atom stereocenters. The van der Waals surface area contributed by atoms with Crippen molar-refractivity contribution in [1.29, 1.82) is 0 Å². The number of aromatic nitrogens is 1. The second kappa shape index (κ2) is 4.06. The molecular weight excluding hydrogens is 200 g/mol. The topological polar surface area (TPSA) is 34.1 Å². The Morgan fingerprint density at radius 1 is 1.38 bits per heavy atom. The first-order valence-electron chi connectivity index (χ1n) is 6.14. The Bertz CT molecular complexity index is 355. The first kappa shape index (κ1) is 10.1. The third-order valence-corrected chi connectivity index (χ3v) is 3.73. The number of nitrogens with one attached hydrogen (secondary N) is 1. The van der Waals surface area contributed by atoms with Gasteiger partial charge in [0, 0.05) is 18.3 Å². The van der Waals surface area contributed by atoms with Crippen molar-refractivity contribution < 1.29 is 4.74 Å². The second-order valence-corrected chi connectivity index (χ2v) is 5.02. The number of pyridine rings is 1. The Hall–Kier alpha value is -1.09. The highest BCUT2D eigenvalue weighted by Crippen LogP contribution is 2.31. The number of nitrogens with zero attached hydrogens (tertiary/aromatic N) is 1. The molecule has 16 heavy (non-hydrogen) atoms. The van der Waals surface area contributed by atoms with Crippen molar-refractivity contribution in [2.75, 3.05) is 6.54 Å². The van der Waals surface area contributed by atoms with E-state index in [1.54, 1.807) is 0 Å². The lowest BCUT2D eigenvalue weighted by Crippen LogP contribution is -2.55. The molecule has 1 aliphatic carbocycles. The largest absolute Gasteiger partial charge is 0.473 e. The van der Waals surface area contributed by atoms with Crippen molar-refractivity contribution >= 4 is 0 Å². The van der Waals surface area contributed by atoms with Crippen molar-refractivity contribution in [1.82, 2.24) is 10.3 Å². The summed E-state index contributed by atoms with van der Waals surface area (Å²) < 4.78 is 5.97. The smallest absolute Gasteiger partial charge is 0.213 e. The molecule has 3 fully saturated rings. The molecule has 1 aromatic rings. The Labute approximate surface area is 96.2 Å². The van der Waals surface area contributed by atoms with Crippen LogP contribution in [0.4, 0.5) is 0 Å². The lowest BCUT2D eigenvalue weighted by atomic mass is 9.79. The van der Waals surface area contributed by atoms with E-state index >= 15 is 0 Å². The first-order chi connectivity index (χ1) is 7.81. The van der Waals surface area contributed by atoms with Gasteiger partial charge < -0.3 is 10.1 Å². The average Bonchev–Trinajstić information content (AvgIpc) is 2.34. The van der Waals surface area contributed by atoms with Gasteiger partial charge >= 0.3 is 0 Å². The van der Waals surface area contributed by atoms with Gasteiger partial charge in [0.1, 0.15) is 6.10 Å². The zero-order chi connectivity index (χ0) is 11.0. The molecule has 86 valence electrons. The minimum Gasteiger partial charge on any atom is -0.473 e. The van der Waals surface area contributed by atoms with Crippen LogP contribution < -0.4 is 10.1 Å². The predicted molar refractivity (Wildman–Crippen MR) is 62.5 cm³/mol. The molecule has 0 aromatic carbocycles. The molecule has 2 aliphatic heterocycles. The van der Waals surface area contributed by atoms with Crippen LogP contribution in [0.25, 0.3) is 0 Å². The molecule has 3 nitrogen and oxygen atoms in total. The van der Waals surface area contributed by atoms with Crippen LogP contribution in [-0.2, 0) is 0 Å². The minimum atomic E-state index is 0.322. The molecule has 1 N–H and O–H groups in total. The maximum Gasteiger partial charge on any atom is 0.213 e. The summed E-state index contributed by atoms with van der Waals surface area (Å²) in [5, 5.41) is 3.55. The number of aryl methyl sites for hydroxylation is 1. The molecule has 3 aliphatic rings. The fourth-order valence-corrected chi connectivity index (χ4v) is 2.76. The Kier molecular flexibility index (Phi) is 2.56. The Balaban J connectivity index is 1.68. The molecule has 0 radical (unpaired) electrons. The van der Waals surface area contributed by atoms with Crippen molar-refractivity contribution in [2.45, 2.75) is 38.3 Å². The van der Waals surface area contributed by atoms with Crippen LogP contribution in [0.1, 0.15) is 24.8 Å². The minimum absolute atomic E-state index is 0.322. The van der Waals surface area contributed by atoms with Crippen LogP contribution in [0.15, 0.2) is 18.3 Å².